The highest BCUT2D eigenvalue weighted by molar-refractivity contribution is 6.30. The standard InChI is InChI=1S/C12H15ClFN3/c1-16-11(15)17-10-6-12(14,7-10)8-3-2-4-9(13)5-8/h2-5,10H,6-7H2,1H3,(H3,15,16,17). The quantitative estimate of drug-likeness (QED) is 0.629. The van der Waals surface area contributed by atoms with Crippen molar-refractivity contribution in [2.24, 2.45) is 10.7 Å². The number of aliphatic imine (C=N–C) groups is 1. The molecule has 2 rings (SSSR count). The molecule has 0 saturated heterocycles. The molecule has 1 aromatic carbocycles. The van der Waals surface area contributed by atoms with Crippen LogP contribution in [0.2, 0.25) is 5.02 Å². The first-order valence-corrected chi connectivity index (χ1v) is 5.85. The molecule has 1 aromatic rings. The van der Waals surface area contributed by atoms with Gasteiger partial charge in [0.05, 0.1) is 0 Å². The number of alkyl halides is 1. The minimum atomic E-state index is -1.30. The average Bonchev–Trinajstić information content (AvgIpc) is 2.26. The fourth-order valence-corrected chi connectivity index (χ4v) is 2.29. The molecular formula is C12H15ClFN3. The van der Waals surface area contributed by atoms with Crippen molar-refractivity contribution >= 4 is 17.6 Å². The summed E-state index contributed by atoms with van der Waals surface area (Å²) in [5.74, 6) is 0.350. The van der Waals surface area contributed by atoms with Crippen molar-refractivity contribution in [3.63, 3.8) is 0 Å². The summed E-state index contributed by atoms with van der Waals surface area (Å²) < 4.78 is 14.4. The Balaban J connectivity index is 2.01. The van der Waals surface area contributed by atoms with Gasteiger partial charge >= 0.3 is 0 Å². The second kappa shape index (κ2) is 4.53. The van der Waals surface area contributed by atoms with Crippen molar-refractivity contribution in [2.45, 2.75) is 24.6 Å². The van der Waals surface area contributed by atoms with E-state index in [1.807, 2.05) is 0 Å². The number of guanidine groups is 1. The molecule has 0 bridgehead atoms. The van der Waals surface area contributed by atoms with Crippen molar-refractivity contribution < 1.29 is 4.39 Å². The van der Waals surface area contributed by atoms with E-state index in [1.165, 1.54) is 0 Å². The molecule has 1 saturated carbocycles. The lowest BCUT2D eigenvalue weighted by Crippen LogP contribution is -2.52. The SMILES string of the molecule is CN=C(N)NC1CC(F)(c2cccc(Cl)c2)C1. The molecule has 0 unspecified atom stereocenters. The van der Waals surface area contributed by atoms with E-state index in [0.29, 0.717) is 29.4 Å². The van der Waals surface area contributed by atoms with Gasteiger partial charge in [-0.25, -0.2) is 4.39 Å². The van der Waals surface area contributed by atoms with Crippen LogP contribution in [0, 0.1) is 0 Å². The Bertz CT molecular complexity index is 441. The Morgan fingerprint density at radius 1 is 1.59 bits per heavy atom. The molecular weight excluding hydrogens is 241 g/mol. The van der Waals surface area contributed by atoms with Crippen molar-refractivity contribution in [1.82, 2.24) is 5.32 Å². The summed E-state index contributed by atoms with van der Waals surface area (Å²) in [4.78, 5) is 3.78. The second-order valence-electron chi connectivity index (χ2n) is 4.33. The molecule has 0 atom stereocenters. The molecule has 92 valence electrons. The van der Waals surface area contributed by atoms with E-state index < -0.39 is 5.67 Å². The first kappa shape index (κ1) is 12.2. The van der Waals surface area contributed by atoms with Crippen LogP contribution in [0.15, 0.2) is 29.3 Å². The van der Waals surface area contributed by atoms with E-state index >= 15 is 0 Å². The van der Waals surface area contributed by atoms with E-state index in [4.69, 9.17) is 17.3 Å². The van der Waals surface area contributed by atoms with E-state index in [-0.39, 0.29) is 6.04 Å². The van der Waals surface area contributed by atoms with Gasteiger partial charge in [0.25, 0.3) is 0 Å². The maximum atomic E-state index is 14.4. The fourth-order valence-electron chi connectivity index (χ4n) is 2.10. The normalized spacial score (nSPS) is 28.6. The molecule has 5 heteroatoms. The summed E-state index contributed by atoms with van der Waals surface area (Å²) in [6.07, 6.45) is 0.785. The van der Waals surface area contributed by atoms with Gasteiger partial charge in [-0.05, 0) is 17.7 Å². The maximum absolute atomic E-state index is 14.4. The maximum Gasteiger partial charge on any atom is 0.188 e. The Labute approximate surface area is 105 Å². The third kappa shape index (κ3) is 2.52. The average molecular weight is 256 g/mol. The van der Waals surface area contributed by atoms with Gasteiger partial charge in [0.2, 0.25) is 0 Å². The van der Waals surface area contributed by atoms with Crippen LogP contribution in [-0.4, -0.2) is 19.0 Å². The van der Waals surface area contributed by atoms with Crippen LogP contribution in [0.3, 0.4) is 0 Å². The molecule has 0 aliphatic heterocycles. The van der Waals surface area contributed by atoms with Crippen molar-refractivity contribution in [3.8, 4) is 0 Å². The molecule has 0 spiro atoms. The van der Waals surface area contributed by atoms with Crippen LogP contribution in [0.1, 0.15) is 18.4 Å². The van der Waals surface area contributed by atoms with E-state index in [0.717, 1.165) is 0 Å². The lowest BCUT2D eigenvalue weighted by Gasteiger charge is -2.42. The van der Waals surface area contributed by atoms with Crippen LogP contribution in [-0.2, 0) is 5.67 Å². The first-order chi connectivity index (χ1) is 8.03. The largest absolute Gasteiger partial charge is 0.370 e. The van der Waals surface area contributed by atoms with Crippen molar-refractivity contribution in [2.75, 3.05) is 7.05 Å². The lowest BCUT2D eigenvalue weighted by molar-refractivity contribution is 0.0327. The molecule has 1 aliphatic rings. The van der Waals surface area contributed by atoms with Gasteiger partial charge in [-0.2, -0.15) is 0 Å². The predicted octanol–water partition coefficient (Wildman–Crippen LogP) is 2.20. The minimum Gasteiger partial charge on any atom is -0.370 e. The zero-order valence-electron chi connectivity index (χ0n) is 9.58. The number of nitrogens with one attached hydrogen (secondary N) is 1. The topological polar surface area (TPSA) is 50.4 Å². The van der Waals surface area contributed by atoms with Crippen molar-refractivity contribution in [1.29, 1.82) is 0 Å². The van der Waals surface area contributed by atoms with Gasteiger partial charge in [-0.1, -0.05) is 23.7 Å². The van der Waals surface area contributed by atoms with Gasteiger partial charge in [0, 0.05) is 31.0 Å². The predicted molar refractivity (Wildman–Crippen MR) is 67.9 cm³/mol. The molecule has 3 N–H and O–H groups in total. The van der Waals surface area contributed by atoms with E-state index in [1.54, 1.807) is 31.3 Å². The highest BCUT2D eigenvalue weighted by atomic mass is 35.5. The third-order valence-electron chi connectivity index (χ3n) is 3.07. The lowest BCUT2D eigenvalue weighted by atomic mass is 9.73. The third-order valence-corrected chi connectivity index (χ3v) is 3.31. The van der Waals surface area contributed by atoms with Gasteiger partial charge in [0.1, 0.15) is 5.67 Å². The van der Waals surface area contributed by atoms with Gasteiger partial charge in [-0.3, -0.25) is 4.99 Å². The molecule has 17 heavy (non-hydrogen) atoms. The van der Waals surface area contributed by atoms with Crippen LogP contribution in [0.5, 0.6) is 0 Å². The minimum absolute atomic E-state index is 0.0441. The van der Waals surface area contributed by atoms with E-state index in [9.17, 15) is 4.39 Å². The molecule has 3 nitrogen and oxygen atoms in total. The highest BCUT2D eigenvalue weighted by Gasteiger charge is 2.46. The Morgan fingerprint density at radius 2 is 2.29 bits per heavy atom. The fraction of sp³-hybridized carbons (Fsp3) is 0.417. The monoisotopic (exact) mass is 255 g/mol. The zero-order chi connectivity index (χ0) is 12.5. The summed E-state index contributed by atoms with van der Waals surface area (Å²) in [5.41, 5.74) is 4.87. The van der Waals surface area contributed by atoms with Crippen LogP contribution in [0.4, 0.5) is 4.39 Å². The molecule has 1 aliphatic carbocycles. The highest BCUT2D eigenvalue weighted by Crippen LogP contribution is 2.45. The molecule has 0 heterocycles. The van der Waals surface area contributed by atoms with Crippen LogP contribution < -0.4 is 11.1 Å². The summed E-state index contributed by atoms with van der Waals surface area (Å²) in [6, 6.07) is 6.99. The first-order valence-electron chi connectivity index (χ1n) is 5.47. The number of nitrogens with two attached hydrogens (primary N) is 1. The number of hydrogen-bond donors (Lipinski definition) is 2. The molecule has 0 amide bonds. The Kier molecular flexibility index (Phi) is 3.24. The number of nitrogens with zero attached hydrogens (tertiary/aromatic N) is 1. The molecule has 1 fully saturated rings. The smallest absolute Gasteiger partial charge is 0.188 e. The van der Waals surface area contributed by atoms with Crippen LogP contribution >= 0.6 is 11.6 Å². The summed E-state index contributed by atoms with van der Waals surface area (Å²) in [7, 11) is 1.60. The molecule has 0 radical (unpaired) electrons. The summed E-state index contributed by atoms with van der Waals surface area (Å²) in [5, 5.41) is 3.52. The number of benzene rings is 1. The Hall–Kier alpha value is -1.29. The van der Waals surface area contributed by atoms with Gasteiger partial charge in [0.15, 0.2) is 5.96 Å². The van der Waals surface area contributed by atoms with E-state index in [2.05, 4.69) is 10.3 Å². The molecule has 0 aromatic heterocycles. The number of halogens is 2. The number of rotatable bonds is 2. The van der Waals surface area contributed by atoms with Gasteiger partial charge in [-0.15, -0.1) is 0 Å². The van der Waals surface area contributed by atoms with Crippen LogP contribution in [0.25, 0.3) is 0 Å². The number of hydrogen-bond acceptors (Lipinski definition) is 1. The summed E-state index contributed by atoms with van der Waals surface area (Å²) >= 11 is 5.85. The zero-order valence-corrected chi connectivity index (χ0v) is 10.3. The van der Waals surface area contributed by atoms with Gasteiger partial charge < -0.3 is 11.1 Å². The summed E-state index contributed by atoms with van der Waals surface area (Å²) in [6.45, 7) is 0. The Morgan fingerprint density at radius 3 is 2.88 bits per heavy atom. The second-order valence-corrected chi connectivity index (χ2v) is 4.77. The van der Waals surface area contributed by atoms with Crippen molar-refractivity contribution in [3.05, 3.63) is 34.9 Å².